The number of hydrogen-bond donors (Lipinski definition) is 0. The molecule has 0 saturated heterocycles. The van der Waals surface area contributed by atoms with E-state index in [1.165, 1.54) is 13.0 Å². The summed E-state index contributed by atoms with van der Waals surface area (Å²) < 4.78 is 14.0. The van der Waals surface area contributed by atoms with Gasteiger partial charge in [-0.25, -0.2) is 4.79 Å². The largest absolute Gasteiger partial charge is 0.464 e. The van der Waals surface area contributed by atoms with E-state index in [2.05, 4.69) is 4.74 Å². The molecule has 0 aliphatic carbocycles. The van der Waals surface area contributed by atoms with Gasteiger partial charge in [0.25, 0.3) is 6.47 Å². The van der Waals surface area contributed by atoms with Crippen LogP contribution in [0, 0.1) is 0 Å². The Balaban J connectivity index is 2.43. The second-order valence-corrected chi connectivity index (χ2v) is 3.63. The Morgan fingerprint density at radius 2 is 1.85 bits per heavy atom. The van der Waals surface area contributed by atoms with Gasteiger partial charge in [-0.1, -0.05) is 12.1 Å². The van der Waals surface area contributed by atoms with Crippen molar-refractivity contribution in [2.75, 3.05) is 13.2 Å². The highest BCUT2D eigenvalue weighted by atomic mass is 16.6. The van der Waals surface area contributed by atoms with Gasteiger partial charge in [0, 0.05) is 13.0 Å². The van der Waals surface area contributed by atoms with E-state index in [-0.39, 0.29) is 19.7 Å². The quantitative estimate of drug-likeness (QED) is 0.246. The molecule has 20 heavy (non-hydrogen) atoms. The van der Waals surface area contributed by atoms with Crippen molar-refractivity contribution in [2.24, 2.45) is 0 Å². The second-order valence-electron chi connectivity index (χ2n) is 3.63. The first-order valence-electron chi connectivity index (χ1n) is 5.80. The van der Waals surface area contributed by atoms with Crippen LogP contribution in [0.15, 0.2) is 30.3 Å². The van der Waals surface area contributed by atoms with Crippen molar-refractivity contribution in [3.05, 3.63) is 35.9 Å². The van der Waals surface area contributed by atoms with Crippen molar-refractivity contribution in [1.29, 1.82) is 0 Å². The molecular formula is C14H14O6. The monoisotopic (exact) mass is 278 g/mol. The highest BCUT2D eigenvalue weighted by Gasteiger charge is 1.99. The van der Waals surface area contributed by atoms with Gasteiger partial charge in [0.15, 0.2) is 0 Å². The second kappa shape index (κ2) is 8.47. The van der Waals surface area contributed by atoms with Crippen LogP contribution in [0.1, 0.15) is 12.5 Å². The minimum atomic E-state index is -0.538. The van der Waals surface area contributed by atoms with Gasteiger partial charge in [-0.3, -0.25) is 9.59 Å². The fourth-order valence-electron chi connectivity index (χ4n) is 1.26. The molecule has 106 valence electrons. The lowest BCUT2D eigenvalue weighted by molar-refractivity contribution is -0.142. The van der Waals surface area contributed by atoms with Crippen LogP contribution in [0.3, 0.4) is 0 Å². The Bertz CT molecular complexity index is 489. The Hall–Kier alpha value is -2.63. The predicted octanol–water partition coefficient (Wildman–Crippen LogP) is 1.34. The summed E-state index contributed by atoms with van der Waals surface area (Å²) in [4.78, 5) is 31.8. The molecular weight excluding hydrogens is 264 g/mol. The molecule has 1 aromatic carbocycles. The number of ether oxygens (including phenoxy) is 3. The van der Waals surface area contributed by atoms with E-state index >= 15 is 0 Å². The molecule has 0 amide bonds. The van der Waals surface area contributed by atoms with Crippen LogP contribution >= 0.6 is 0 Å². The van der Waals surface area contributed by atoms with Crippen LogP contribution < -0.4 is 4.74 Å². The normalized spacial score (nSPS) is 10.1. The maximum absolute atomic E-state index is 11.3. The zero-order valence-electron chi connectivity index (χ0n) is 10.9. The SMILES string of the molecule is CC(=O)Oc1ccc(C=CC(=O)OCCOC=O)cc1. The highest BCUT2D eigenvalue weighted by Crippen LogP contribution is 2.13. The fourth-order valence-corrected chi connectivity index (χ4v) is 1.26. The number of hydrogen-bond acceptors (Lipinski definition) is 6. The smallest absolute Gasteiger partial charge is 0.330 e. The van der Waals surface area contributed by atoms with Gasteiger partial charge in [0.05, 0.1) is 0 Å². The lowest BCUT2D eigenvalue weighted by Gasteiger charge is -2.01. The van der Waals surface area contributed by atoms with Gasteiger partial charge >= 0.3 is 11.9 Å². The van der Waals surface area contributed by atoms with Gasteiger partial charge in [0.2, 0.25) is 0 Å². The minimum absolute atomic E-state index is 0.00724. The van der Waals surface area contributed by atoms with E-state index in [0.29, 0.717) is 5.75 Å². The van der Waals surface area contributed by atoms with E-state index in [1.807, 2.05) is 0 Å². The number of rotatable bonds is 7. The molecule has 0 spiro atoms. The van der Waals surface area contributed by atoms with Crippen LogP contribution in [0.5, 0.6) is 5.75 Å². The molecule has 0 radical (unpaired) electrons. The molecule has 1 rings (SSSR count). The standard InChI is InChI=1S/C14H14O6/c1-11(16)20-13-5-2-12(3-6-13)4-7-14(17)19-9-8-18-10-15/h2-7,10H,8-9H2,1H3. The first-order valence-corrected chi connectivity index (χ1v) is 5.80. The van der Waals surface area contributed by atoms with E-state index in [4.69, 9.17) is 9.47 Å². The van der Waals surface area contributed by atoms with Gasteiger partial charge in [-0.2, -0.15) is 0 Å². The fraction of sp³-hybridized carbons (Fsp3) is 0.214. The van der Waals surface area contributed by atoms with Crippen molar-refractivity contribution < 1.29 is 28.6 Å². The first kappa shape index (κ1) is 15.4. The molecule has 0 heterocycles. The van der Waals surface area contributed by atoms with E-state index in [0.717, 1.165) is 5.56 Å². The lowest BCUT2D eigenvalue weighted by atomic mass is 10.2. The van der Waals surface area contributed by atoms with Crippen molar-refractivity contribution >= 4 is 24.5 Å². The van der Waals surface area contributed by atoms with Crippen molar-refractivity contribution in [3.63, 3.8) is 0 Å². The summed E-state index contributed by atoms with van der Waals surface area (Å²) in [5.41, 5.74) is 0.752. The van der Waals surface area contributed by atoms with Crippen LogP contribution in [0.2, 0.25) is 0 Å². The summed E-state index contributed by atoms with van der Waals surface area (Å²) in [5, 5.41) is 0. The van der Waals surface area contributed by atoms with Crippen LogP contribution in [-0.2, 0) is 23.9 Å². The highest BCUT2D eigenvalue weighted by molar-refractivity contribution is 5.87. The first-order chi connectivity index (χ1) is 9.61. The van der Waals surface area contributed by atoms with Gasteiger partial charge < -0.3 is 14.2 Å². The molecule has 0 fully saturated rings. The summed E-state index contributed by atoms with van der Waals surface area (Å²) in [6.45, 7) is 1.64. The zero-order chi connectivity index (χ0) is 14.8. The summed E-state index contributed by atoms with van der Waals surface area (Å²) in [6.07, 6.45) is 2.81. The number of esters is 2. The van der Waals surface area contributed by atoms with E-state index in [1.54, 1.807) is 30.3 Å². The van der Waals surface area contributed by atoms with Crippen molar-refractivity contribution in [2.45, 2.75) is 6.92 Å². The molecule has 0 aliphatic rings. The average Bonchev–Trinajstić information content (AvgIpc) is 2.42. The lowest BCUT2D eigenvalue weighted by Crippen LogP contribution is -2.07. The van der Waals surface area contributed by atoms with Crippen LogP contribution in [0.25, 0.3) is 6.08 Å². The molecule has 0 saturated carbocycles. The summed E-state index contributed by atoms with van der Waals surface area (Å²) in [6, 6.07) is 6.61. The third kappa shape index (κ3) is 6.34. The molecule has 6 nitrogen and oxygen atoms in total. The molecule has 1 aromatic rings. The topological polar surface area (TPSA) is 78.9 Å². The molecule has 6 heteroatoms. The van der Waals surface area contributed by atoms with Crippen molar-refractivity contribution in [1.82, 2.24) is 0 Å². The number of benzene rings is 1. The summed E-state index contributed by atoms with van der Waals surface area (Å²) >= 11 is 0. The van der Waals surface area contributed by atoms with Crippen molar-refractivity contribution in [3.8, 4) is 5.75 Å². The summed E-state index contributed by atoms with van der Waals surface area (Å²) in [5.74, 6) is -0.499. The third-order valence-corrected chi connectivity index (χ3v) is 2.07. The van der Waals surface area contributed by atoms with Gasteiger partial charge in [-0.05, 0) is 23.8 Å². The average molecular weight is 278 g/mol. The molecule has 0 bridgehead atoms. The maximum atomic E-state index is 11.3. The molecule has 0 atom stereocenters. The van der Waals surface area contributed by atoms with Gasteiger partial charge in [0.1, 0.15) is 19.0 Å². The Morgan fingerprint density at radius 3 is 2.45 bits per heavy atom. The number of carbonyl (C=O) groups is 3. The Morgan fingerprint density at radius 1 is 1.15 bits per heavy atom. The van der Waals surface area contributed by atoms with E-state index < -0.39 is 11.9 Å². The van der Waals surface area contributed by atoms with Crippen LogP contribution in [0.4, 0.5) is 0 Å². The third-order valence-electron chi connectivity index (χ3n) is 2.07. The Labute approximate surface area is 115 Å². The molecule has 0 aliphatic heterocycles. The molecule has 0 unspecified atom stereocenters. The van der Waals surface area contributed by atoms with Crippen LogP contribution in [-0.4, -0.2) is 31.6 Å². The molecule has 0 N–H and O–H groups in total. The number of carbonyl (C=O) groups excluding carboxylic acids is 3. The maximum Gasteiger partial charge on any atom is 0.330 e. The van der Waals surface area contributed by atoms with E-state index in [9.17, 15) is 14.4 Å². The predicted molar refractivity (Wildman–Crippen MR) is 69.8 cm³/mol. The molecule has 0 aromatic heterocycles. The zero-order valence-corrected chi connectivity index (χ0v) is 10.9. The minimum Gasteiger partial charge on any atom is -0.464 e. The van der Waals surface area contributed by atoms with Gasteiger partial charge in [-0.15, -0.1) is 0 Å². The summed E-state index contributed by atoms with van der Waals surface area (Å²) in [7, 11) is 0. The Kier molecular flexibility index (Phi) is 6.53.